The molecular weight excluding hydrogens is 178 g/mol. The molecule has 1 aliphatic heterocycles. The quantitative estimate of drug-likeness (QED) is 0.780. The number of thioether (sulfide) groups is 1. The first-order chi connectivity index (χ1) is 6.40. The second kappa shape index (κ2) is 4.16. The van der Waals surface area contributed by atoms with Crippen LogP contribution in [0.15, 0.2) is 24.3 Å². The molecule has 1 aromatic rings. The minimum Gasteiger partial charge on any atom is -0.326 e. The first-order valence-electron chi connectivity index (χ1n) is 4.77. The van der Waals surface area contributed by atoms with E-state index in [4.69, 9.17) is 5.73 Å². The molecule has 1 aliphatic rings. The number of rotatable bonds is 2. The van der Waals surface area contributed by atoms with E-state index in [1.165, 1.54) is 29.1 Å². The Morgan fingerprint density at radius 1 is 1.46 bits per heavy atom. The van der Waals surface area contributed by atoms with E-state index in [-0.39, 0.29) is 0 Å². The third-order valence-corrected chi connectivity index (χ3v) is 3.75. The predicted molar refractivity (Wildman–Crippen MR) is 59.0 cm³/mol. The van der Waals surface area contributed by atoms with Crippen LogP contribution in [0.3, 0.4) is 0 Å². The van der Waals surface area contributed by atoms with Gasteiger partial charge in [-0.3, -0.25) is 0 Å². The summed E-state index contributed by atoms with van der Waals surface area (Å²) in [5, 5.41) is 0. The lowest BCUT2D eigenvalue weighted by Crippen LogP contribution is -2.00. The Kier molecular flexibility index (Phi) is 2.91. The molecule has 13 heavy (non-hydrogen) atoms. The summed E-state index contributed by atoms with van der Waals surface area (Å²) in [6.45, 7) is 0.660. The van der Waals surface area contributed by atoms with Crippen LogP contribution in [-0.4, -0.2) is 11.5 Å². The van der Waals surface area contributed by atoms with Crippen LogP contribution in [-0.2, 0) is 6.54 Å². The van der Waals surface area contributed by atoms with Gasteiger partial charge in [0.25, 0.3) is 0 Å². The molecule has 70 valence electrons. The summed E-state index contributed by atoms with van der Waals surface area (Å²) < 4.78 is 0. The van der Waals surface area contributed by atoms with Gasteiger partial charge >= 0.3 is 0 Å². The van der Waals surface area contributed by atoms with Gasteiger partial charge in [-0.1, -0.05) is 24.3 Å². The van der Waals surface area contributed by atoms with Crippen LogP contribution in [0, 0.1) is 0 Å². The maximum atomic E-state index is 5.61. The minimum absolute atomic E-state index is 0.660. The van der Waals surface area contributed by atoms with Gasteiger partial charge in [-0.25, -0.2) is 0 Å². The van der Waals surface area contributed by atoms with Gasteiger partial charge in [0.15, 0.2) is 0 Å². The second-order valence-electron chi connectivity index (χ2n) is 3.51. The zero-order chi connectivity index (χ0) is 9.10. The lowest BCUT2D eigenvalue weighted by molar-refractivity contribution is 0.780. The highest BCUT2D eigenvalue weighted by atomic mass is 32.2. The lowest BCUT2D eigenvalue weighted by atomic mass is 9.97. The number of benzene rings is 1. The molecule has 1 atom stereocenters. The largest absolute Gasteiger partial charge is 0.326 e. The normalized spacial score (nSPS) is 22.1. The third kappa shape index (κ3) is 2.06. The molecule has 1 heterocycles. The van der Waals surface area contributed by atoms with Crippen LogP contribution in [0.2, 0.25) is 0 Å². The molecular formula is C11H15NS. The van der Waals surface area contributed by atoms with Crippen molar-refractivity contribution in [3.63, 3.8) is 0 Å². The first kappa shape index (κ1) is 9.10. The molecule has 1 nitrogen and oxygen atoms in total. The van der Waals surface area contributed by atoms with Crippen molar-refractivity contribution in [1.82, 2.24) is 0 Å². The fourth-order valence-electron chi connectivity index (χ4n) is 1.77. The molecule has 0 aliphatic carbocycles. The number of hydrogen-bond acceptors (Lipinski definition) is 2. The molecule has 1 fully saturated rings. The van der Waals surface area contributed by atoms with Crippen molar-refractivity contribution in [1.29, 1.82) is 0 Å². The maximum Gasteiger partial charge on any atom is 0.0178 e. The lowest BCUT2D eigenvalue weighted by Gasteiger charge is -2.09. The number of nitrogens with two attached hydrogens (primary N) is 1. The van der Waals surface area contributed by atoms with Gasteiger partial charge in [-0.05, 0) is 29.2 Å². The van der Waals surface area contributed by atoms with Crippen LogP contribution in [0.1, 0.15) is 23.5 Å². The molecule has 0 bridgehead atoms. The Morgan fingerprint density at radius 2 is 2.38 bits per heavy atom. The molecule has 1 aromatic carbocycles. The summed E-state index contributed by atoms with van der Waals surface area (Å²) in [7, 11) is 0. The minimum atomic E-state index is 0.660. The summed E-state index contributed by atoms with van der Waals surface area (Å²) in [6.07, 6.45) is 1.33. The van der Waals surface area contributed by atoms with Crippen molar-refractivity contribution in [3.8, 4) is 0 Å². The molecule has 0 radical (unpaired) electrons. The average Bonchev–Trinajstić information content (AvgIpc) is 2.71. The van der Waals surface area contributed by atoms with Crippen molar-refractivity contribution in [2.75, 3.05) is 11.5 Å². The summed E-state index contributed by atoms with van der Waals surface area (Å²) in [5.74, 6) is 3.38. The first-order valence-corrected chi connectivity index (χ1v) is 5.92. The van der Waals surface area contributed by atoms with Crippen LogP contribution in [0.5, 0.6) is 0 Å². The Balaban J connectivity index is 2.18. The van der Waals surface area contributed by atoms with Crippen LogP contribution in [0.4, 0.5) is 0 Å². The maximum absolute atomic E-state index is 5.61. The summed E-state index contributed by atoms with van der Waals surface area (Å²) in [5.41, 5.74) is 8.35. The molecule has 2 rings (SSSR count). The van der Waals surface area contributed by atoms with Crippen LogP contribution >= 0.6 is 11.8 Å². The summed E-state index contributed by atoms with van der Waals surface area (Å²) in [4.78, 5) is 0. The van der Waals surface area contributed by atoms with Crippen LogP contribution < -0.4 is 5.73 Å². The Morgan fingerprint density at radius 3 is 3.08 bits per heavy atom. The van der Waals surface area contributed by atoms with E-state index in [1.54, 1.807) is 0 Å². The van der Waals surface area contributed by atoms with E-state index in [9.17, 15) is 0 Å². The molecule has 1 saturated heterocycles. The molecule has 0 saturated carbocycles. The Hall–Kier alpha value is -0.470. The van der Waals surface area contributed by atoms with Gasteiger partial charge in [-0.15, -0.1) is 0 Å². The highest BCUT2D eigenvalue weighted by Gasteiger charge is 2.17. The zero-order valence-corrected chi connectivity index (χ0v) is 8.52. The summed E-state index contributed by atoms with van der Waals surface area (Å²) in [6, 6.07) is 8.72. The molecule has 0 amide bonds. The summed E-state index contributed by atoms with van der Waals surface area (Å²) >= 11 is 2.06. The topological polar surface area (TPSA) is 26.0 Å². The standard InChI is InChI=1S/C11H15NS/c12-7-9-2-1-3-10(6-9)11-4-5-13-8-11/h1-3,6,11H,4-5,7-8,12H2. The van der Waals surface area contributed by atoms with Crippen LogP contribution in [0.25, 0.3) is 0 Å². The Bertz CT molecular complexity index is 279. The average molecular weight is 193 g/mol. The van der Waals surface area contributed by atoms with Gasteiger partial charge in [0.1, 0.15) is 0 Å². The van der Waals surface area contributed by atoms with Gasteiger partial charge in [0, 0.05) is 12.3 Å². The van der Waals surface area contributed by atoms with E-state index < -0.39 is 0 Å². The van der Waals surface area contributed by atoms with Gasteiger partial charge in [0.2, 0.25) is 0 Å². The van der Waals surface area contributed by atoms with E-state index in [0.717, 1.165) is 5.92 Å². The second-order valence-corrected chi connectivity index (χ2v) is 4.66. The monoisotopic (exact) mass is 193 g/mol. The fourth-order valence-corrected chi connectivity index (χ4v) is 3.03. The Labute approximate surface area is 83.7 Å². The zero-order valence-electron chi connectivity index (χ0n) is 7.70. The van der Waals surface area contributed by atoms with E-state index in [0.29, 0.717) is 6.54 Å². The van der Waals surface area contributed by atoms with Crippen molar-refractivity contribution >= 4 is 11.8 Å². The highest BCUT2D eigenvalue weighted by molar-refractivity contribution is 7.99. The van der Waals surface area contributed by atoms with E-state index in [1.807, 2.05) is 0 Å². The molecule has 1 unspecified atom stereocenters. The van der Waals surface area contributed by atoms with Gasteiger partial charge in [-0.2, -0.15) is 11.8 Å². The third-order valence-electron chi connectivity index (χ3n) is 2.59. The van der Waals surface area contributed by atoms with Crippen molar-refractivity contribution in [2.24, 2.45) is 5.73 Å². The molecule has 2 heteroatoms. The highest BCUT2D eigenvalue weighted by Crippen LogP contribution is 2.32. The SMILES string of the molecule is NCc1cccc(C2CCSC2)c1. The van der Waals surface area contributed by atoms with Crippen molar-refractivity contribution in [2.45, 2.75) is 18.9 Å². The van der Waals surface area contributed by atoms with E-state index >= 15 is 0 Å². The predicted octanol–water partition coefficient (Wildman–Crippen LogP) is 2.37. The van der Waals surface area contributed by atoms with Gasteiger partial charge in [0.05, 0.1) is 0 Å². The molecule has 0 spiro atoms. The van der Waals surface area contributed by atoms with E-state index in [2.05, 4.69) is 36.0 Å². The smallest absolute Gasteiger partial charge is 0.0178 e. The molecule has 0 aromatic heterocycles. The fraction of sp³-hybridized carbons (Fsp3) is 0.455. The van der Waals surface area contributed by atoms with Crippen molar-refractivity contribution in [3.05, 3.63) is 35.4 Å². The van der Waals surface area contributed by atoms with Crippen molar-refractivity contribution < 1.29 is 0 Å². The molecule has 2 N–H and O–H groups in total. The number of hydrogen-bond donors (Lipinski definition) is 1. The van der Waals surface area contributed by atoms with Gasteiger partial charge < -0.3 is 5.73 Å².